The molecule has 2 aromatic carbocycles. The standard InChI is InChI=1S/C24H26ClN3O4/c1-18(29)27-21-6-8-22(9-7-21)30-14-23-15-31-24(32-23,16-28-13-12-26-17-28)11-10-19-2-4-20(25)5-3-19/h2-9,12-13,17,23H,10-11,14-16H2,1H3,(H,27,29). The first-order valence-electron chi connectivity index (χ1n) is 10.5. The minimum atomic E-state index is -0.760. The van der Waals surface area contributed by atoms with Crippen LogP contribution in [0.25, 0.3) is 0 Å². The highest BCUT2D eigenvalue weighted by Crippen LogP contribution is 2.31. The molecular weight excluding hydrogens is 430 g/mol. The van der Waals surface area contributed by atoms with Crippen LogP contribution in [0.4, 0.5) is 5.69 Å². The Morgan fingerprint density at radius 1 is 1.25 bits per heavy atom. The number of carbonyl (C=O) groups is 1. The molecule has 1 fully saturated rings. The maximum atomic E-state index is 11.1. The summed E-state index contributed by atoms with van der Waals surface area (Å²) in [5, 5.41) is 3.46. The Kier molecular flexibility index (Phi) is 7.09. The Labute approximate surface area is 192 Å². The zero-order valence-corrected chi connectivity index (χ0v) is 18.6. The topological polar surface area (TPSA) is 74.6 Å². The molecule has 0 bridgehead atoms. The van der Waals surface area contributed by atoms with Crippen molar-refractivity contribution in [2.24, 2.45) is 0 Å². The predicted octanol–water partition coefficient (Wildman–Crippen LogP) is 4.32. The summed E-state index contributed by atoms with van der Waals surface area (Å²) < 4.78 is 20.5. The van der Waals surface area contributed by atoms with E-state index >= 15 is 0 Å². The highest BCUT2D eigenvalue weighted by atomic mass is 35.5. The van der Waals surface area contributed by atoms with Gasteiger partial charge in [-0.25, -0.2) is 4.98 Å². The molecule has 2 heterocycles. The van der Waals surface area contributed by atoms with Crippen molar-refractivity contribution >= 4 is 23.2 Å². The Hall–Kier alpha value is -2.87. The largest absolute Gasteiger partial charge is 0.491 e. The highest BCUT2D eigenvalue weighted by Gasteiger charge is 2.42. The smallest absolute Gasteiger partial charge is 0.221 e. The summed E-state index contributed by atoms with van der Waals surface area (Å²) in [6.07, 6.45) is 6.69. The van der Waals surface area contributed by atoms with Gasteiger partial charge in [-0.05, 0) is 48.4 Å². The number of nitrogens with one attached hydrogen (secondary N) is 1. The number of imidazole rings is 1. The molecule has 2 atom stereocenters. The lowest BCUT2D eigenvalue weighted by atomic mass is 10.0. The summed E-state index contributed by atoms with van der Waals surface area (Å²) in [6.45, 7) is 2.83. The number of carbonyl (C=O) groups excluding carboxylic acids is 1. The Morgan fingerprint density at radius 2 is 2.03 bits per heavy atom. The number of amides is 1. The monoisotopic (exact) mass is 455 g/mol. The normalized spacial score (nSPS) is 20.2. The van der Waals surface area contributed by atoms with Gasteiger partial charge in [-0.3, -0.25) is 4.79 Å². The molecule has 7 nitrogen and oxygen atoms in total. The van der Waals surface area contributed by atoms with Crippen molar-refractivity contribution in [3.8, 4) is 5.75 Å². The van der Waals surface area contributed by atoms with E-state index in [4.69, 9.17) is 25.8 Å². The van der Waals surface area contributed by atoms with Gasteiger partial charge in [-0.1, -0.05) is 23.7 Å². The zero-order valence-electron chi connectivity index (χ0n) is 17.9. The Bertz CT molecular complexity index is 1010. The lowest BCUT2D eigenvalue weighted by Gasteiger charge is -2.28. The predicted molar refractivity (Wildman–Crippen MR) is 122 cm³/mol. The molecule has 32 heavy (non-hydrogen) atoms. The van der Waals surface area contributed by atoms with E-state index in [0.29, 0.717) is 31.9 Å². The molecule has 0 saturated carbocycles. The lowest BCUT2D eigenvalue weighted by molar-refractivity contribution is -0.184. The molecule has 1 aliphatic rings. The SMILES string of the molecule is CC(=O)Nc1ccc(OCC2COC(CCc3ccc(Cl)cc3)(Cn3ccnc3)O2)cc1. The summed E-state index contributed by atoms with van der Waals surface area (Å²) in [5.41, 5.74) is 1.90. The summed E-state index contributed by atoms with van der Waals surface area (Å²) in [7, 11) is 0. The number of anilines is 1. The van der Waals surface area contributed by atoms with Crippen molar-refractivity contribution in [1.82, 2.24) is 9.55 Å². The zero-order chi connectivity index (χ0) is 22.4. The summed E-state index contributed by atoms with van der Waals surface area (Å²) in [4.78, 5) is 15.3. The van der Waals surface area contributed by atoms with Crippen LogP contribution in [0.3, 0.4) is 0 Å². The van der Waals surface area contributed by atoms with Gasteiger partial charge in [-0.15, -0.1) is 0 Å². The fourth-order valence-corrected chi connectivity index (χ4v) is 3.79. The molecule has 3 aromatic rings. The molecular formula is C24H26ClN3O4. The van der Waals surface area contributed by atoms with Gasteiger partial charge >= 0.3 is 0 Å². The van der Waals surface area contributed by atoms with Crippen LogP contribution in [0.1, 0.15) is 18.9 Å². The third-order valence-corrected chi connectivity index (χ3v) is 5.47. The van der Waals surface area contributed by atoms with Gasteiger partial charge in [0.15, 0.2) is 5.79 Å². The van der Waals surface area contributed by atoms with Gasteiger partial charge in [0.2, 0.25) is 5.91 Å². The second-order valence-electron chi connectivity index (χ2n) is 7.84. The number of aromatic nitrogens is 2. The first-order valence-corrected chi connectivity index (χ1v) is 10.9. The minimum Gasteiger partial charge on any atom is -0.491 e. The molecule has 1 saturated heterocycles. The van der Waals surface area contributed by atoms with E-state index in [1.54, 1.807) is 24.7 Å². The highest BCUT2D eigenvalue weighted by molar-refractivity contribution is 6.30. The molecule has 0 radical (unpaired) electrons. The van der Waals surface area contributed by atoms with Gasteiger partial charge in [0.05, 0.1) is 19.5 Å². The molecule has 0 aliphatic carbocycles. The number of halogens is 1. The van der Waals surface area contributed by atoms with E-state index in [-0.39, 0.29) is 12.0 Å². The minimum absolute atomic E-state index is 0.108. The van der Waals surface area contributed by atoms with Crippen LogP contribution in [0.2, 0.25) is 5.02 Å². The van der Waals surface area contributed by atoms with Crippen LogP contribution in [0.5, 0.6) is 5.75 Å². The van der Waals surface area contributed by atoms with Gasteiger partial charge in [0.1, 0.15) is 18.5 Å². The van der Waals surface area contributed by atoms with E-state index in [1.165, 1.54) is 12.5 Å². The van der Waals surface area contributed by atoms with Crippen LogP contribution < -0.4 is 10.1 Å². The van der Waals surface area contributed by atoms with E-state index in [1.807, 2.05) is 47.2 Å². The fraction of sp³-hybridized carbons (Fsp3) is 0.333. The third-order valence-electron chi connectivity index (χ3n) is 5.21. The van der Waals surface area contributed by atoms with E-state index < -0.39 is 5.79 Å². The van der Waals surface area contributed by atoms with Gasteiger partial charge in [0.25, 0.3) is 0 Å². The molecule has 1 amide bonds. The Morgan fingerprint density at radius 3 is 2.72 bits per heavy atom. The van der Waals surface area contributed by atoms with E-state index in [0.717, 1.165) is 17.1 Å². The molecule has 2 unspecified atom stereocenters. The molecule has 8 heteroatoms. The van der Waals surface area contributed by atoms with Crippen molar-refractivity contribution in [2.45, 2.75) is 38.2 Å². The summed E-state index contributed by atoms with van der Waals surface area (Å²) in [5.74, 6) is -0.164. The number of hydrogen-bond donors (Lipinski definition) is 1. The van der Waals surface area contributed by atoms with Crippen LogP contribution in [-0.2, 0) is 27.2 Å². The number of benzene rings is 2. The lowest BCUT2D eigenvalue weighted by Crippen LogP contribution is -2.37. The van der Waals surface area contributed by atoms with Crippen molar-refractivity contribution < 1.29 is 19.0 Å². The van der Waals surface area contributed by atoms with Crippen LogP contribution in [0.15, 0.2) is 67.3 Å². The average Bonchev–Trinajstić information content (AvgIpc) is 3.43. The maximum Gasteiger partial charge on any atom is 0.221 e. The first kappa shape index (κ1) is 22.3. The number of ether oxygens (including phenoxy) is 3. The van der Waals surface area contributed by atoms with Crippen molar-refractivity contribution in [3.63, 3.8) is 0 Å². The maximum absolute atomic E-state index is 11.1. The molecule has 1 aromatic heterocycles. The molecule has 4 rings (SSSR count). The quantitative estimate of drug-likeness (QED) is 0.520. The second kappa shape index (κ2) is 10.2. The van der Waals surface area contributed by atoms with Crippen LogP contribution >= 0.6 is 11.6 Å². The van der Waals surface area contributed by atoms with Gasteiger partial charge < -0.3 is 24.1 Å². The van der Waals surface area contributed by atoms with E-state index in [2.05, 4.69) is 10.3 Å². The first-order chi connectivity index (χ1) is 15.5. The molecule has 168 valence electrons. The van der Waals surface area contributed by atoms with Crippen molar-refractivity contribution in [2.75, 3.05) is 18.5 Å². The number of nitrogens with zero attached hydrogens (tertiary/aromatic N) is 2. The van der Waals surface area contributed by atoms with Crippen LogP contribution in [0, 0.1) is 0 Å². The van der Waals surface area contributed by atoms with E-state index in [9.17, 15) is 4.79 Å². The van der Waals surface area contributed by atoms with Crippen LogP contribution in [-0.4, -0.2) is 40.6 Å². The molecule has 0 spiro atoms. The number of aryl methyl sites for hydroxylation is 1. The summed E-state index contributed by atoms with van der Waals surface area (Å²) >= 11 is 6.00. The second-order valence-corrected chi connectivity index (χ2v) is 8.28. The molecule has 1 N–H and O–H groups in total. The number of rotatable bonds is 9. The summed E-state index contributed by atoms with van der Waals surface area (Å²) in [6, 6.07) is 15.1. The third kappa shape index (κ3) is 6.09. The average molecular weight is 456 g/mol. The molecule has 1 aliphatic heterocycles. The fourth-order valence-electron chi connectivity index (χ4n) is 3.66. The van der Waals surface area contributed by atoms with Gasteiger partial charge in [-0.2, -0.15) is 0 Å². The van der Waals surface area contributed by atoms with Crippen molar-refractivity contribution in [1.29, 1.82) is 0 Å². The Balaban J connectivity index is 1.36. The van der Waals surface area contributed by atoms with Gasteiger partial charge in [0, 0.05) is 36.4 Å². The van der Waals surface area contributed by atoms with Crippen molar-refractivity contribution in [3.05, 3.63) is 77.8 Å². The number of hydrogen-bond acceptors (Lipinski definition) is 5.